The lowest BCUT2D eigenvalue weighted by atomic mass is 9.97. The molecule has 1 fully saturated rings. The van der Waals surface area contributed by atoms with E-state index in [2.05, 4.69) is 10.6 Å². The van der Waals surface area contributed by atoms with Crippen molar-refractivity contribution in [1.29, 1.82) is 0 Å². The van der Waals surface area contributed by atoms with Crippen molar-refractivity contribution in [2.45, 2.75) is 32.7 Å². The van der Waals surface area contributed by atoms with Gasteiger partial charge in [0.05, 0.1) is 11.1 Å². The molecule has 3 aromatic rings. The van der Waals surface area contributed by atoms with Gasteiger partial charge in [-0.25, -0.2) is 17.6 Å². The number of nitrogens with one attached hydrogen (secondary N) is 2. The van der Waals surface area contributed by atoms with Crippen molar-refractivity contribution in [3.63, 3.8) is 0 Å². The number of rotatable bonds is 7. The van der Waals surface area contributed by atoms with E-state index in [1.165, 1.54) is 37.1 Å². The van der Waals surface area contributed by atoms with Crippen LogP contribution in [0.3, 0.4) is 0 Å². The molecule has 0 aliphatic heterocycles. The molecule has 0 unspecified atom stereocenters. The van der Waals surface area contributed by atoms with Gasteiger partial charge in [-0.15, -0.1) is 24.8 Å². The lowest BCUT2D eigenvalue weighted by Crippen LogP contribution is -2.09. The summed E-state index contributed by atoms with van der Waals surface area (Å²) >= 11 is 0. The zero-order chi connectivity index (χ0) is 22.1. The molecule has 178 valence electrons. The Morgan fingerprint density at radius 2 is 1.09 bits per heavy atom. The fourth-order valence-corrected chi connectivity index (χ4v) is 3.54. The Morgan fingerprint density at radius 3 is 1.45 bits per heavy atom. The molecular formula is C25H26Cl2F4N2. The van der Waals surface area contributed by atoms with Crippen LogP contribution in [-0.2, 0) is 0 Å². The molecule has 0 radical (unpaired) electrons. The number of benzene rings is 3. The highest BCUT2D eigenvalue weighted by Crippen LogP contribution is 2.37. The maximum Gasteiger partial charge on any atom is 0.170 e. The van der Waals surface area contributed by atoms with E-state index in [1.807, 2.05) is 13.8 Å². The molecule has 2 N–H and O–H groups in total. The van der Waals surface area contributed by atoms with E-state index in [1.54, 1.807) is 24.3 Å². The highest BCUT2D eigenvalue weighted by atomic mass is 35.5. The minimum Gasteiger partial charge on any atom is -0.385 e. The van der Waals surface area contributed by atoms with Gasteiger partial charge in [0.2, 0.25) is 0 Å². The molecule has 1 aliphatic rings. The van der Waals surface area contributed by atoms with E-state index < -0.39 is 34.4 Å². The van der Waals surface area contributed by atoms with Crippen molar-refractivity contribution in [2.75, 3.05) is 17.2 Å². The minimum atomic E-state index is -1.41. The molecule has 0 saturated heterocycles. The fourth-order valence-electron chi connectivity index (χ4n) is 3.54. The summed E-state index contributed by atoms with van der Waals surface area (Å²) in [6.07, 6.45) is 2.40. The Labute approximate surface area is 203 Å². The summed E-state index contributed by atoms with van der Waals surface area (Å²) in [6, 6.07) is 12.5. The van der Waals surface area contributed by atoms with Crippen molar-refractivity contribution >= 4 is 36.2 Å². The number of hydrogen-bond acceptors (Lipinski definition) is 2. The van der Waals surface area contributed by atoms with Crippen molar-refractivity contribution in [2.24, 2.45) is 5.92 Å². The van der Waals surface area contributed by atoms with Crippen molar-refractivity contribution in [3.8, 4) is 22.3 Å². The summed E-state index contributed by atoms with van der Waals surface area (Å²) < 4.78 is 59.5. The molecular weight excluding hydrogens is 475 g/mol. The van der Waals surface area contributed by atoms with E-state index in [9.17, 15) is 17.6 Å². The van der Waals surface area contributed by atoms with Crippen LogP contribution in [0.1, 0.15) is 26.7 Å². The van der Waals surface area contributed by atoms with Crippen molar-refractivity contribution < 1.29 is 17.6 Å². The van der Waals surface area contributed by atoms with Crippen LogP contribution in [0.4, 0.5) is 28.9 Å². The maximum atomic E-state index is 14.9. The van der Waals surface area contributed by atoms with Crippen molar-refractivity contribution in [1.82, 2.24) is 0 Å². The van der Waals surface area contributed by atoms with E-state index in [0.29, 0.717) is 5.92 Å². The normalized spacial score (nSPS) is 12.7. The number of anilines is 2. The molecule has 2 nitrogen and oxygen atoms in total. The smallest absolute Gasteiger partial charge is 0.170 e. The van der Waals surface area contributed by atoms with Crippen LogP contribution in [-0.4, -0.2) is 12.6 Å². The molecule has 4 rings (SSSR count). The van der Waals surface area contributed by atoms with Gasteiger partial charge in [-0.3, -0.25) is 0 Å². The largest absolute Gasteiger partial charge is 0.385 e. The van der Waals surface area contributed by atoms with Gasteiger partial charge in [0.25, 0.3) is 0 Å². The third-order valence-corrected chi connectivity index (χ3v) is 5.36. The molecule has 33 heavy (non-hydrogen) atoms. The van der Waals surface area contributed by atoms with Crippen LogP contribution in [0.25, 0.3) is 22.3 Å². The summed E-state index contributed by atoms with van der Waals surface area (Å²) in [5.41, 5.74) is 0.265. The molecule has 0 amide bonds. The van der Waals surface area contributed by atoms with Gasteiger partial charge in [0, 0.05) is 24.0 Å². The zero-order valence-corrected chi connectivity index (χ0v) is 19.9. The van der Waals surface area contributed by atoms with Crippen LogP contribution in [0, 0.1) is 29.2 Å². The lowest BCUT2D eigenvalue weighted by molar-refractivity contribution is 0.463. The average molecular weight is 501 g/mol. The summed E-state index contributed by atoms with van der Waals surface area (Å²) in [4.78, 5) is 0. The first-order valence-electron chi connectivity index (χ1n) is 10.4. The maximum absolute atomic E-state index is 14.9. The van der Waals surface area contributed by atoms with Crippen LogP contribution in [0.2, 0.25) is 0 Å². The molecule has 0 atom stereocenters. The van der Waals surface area contributed by atoms with E-state index >= 15 is 0 Å². The van der Waals surface area contributed by atoms with Crippen LogP contribution >= 0.6 is 24.8 Å². The fraction of sp³-hybridized carbons (Fsp3) is 0.280. The monoisotopic (exact) mass is 500 g/mol. The first-order chi connectivity index (χ1) is 14.8. The Morgan fingerprint density at radius 1 is 0.697 bits per heavy atom. The van der Waals surface area contributed by atoms with Gasteiger partial charge >= 0.3 is 0 Å². The molecule has 0 heterocycles. The summed E-state index contributed by atoms with van der Waals surface area (Å²) in [6.45, 7) is 4.74. The summed E-state index contributed by atoms with van der Waals surface area (Å²) in [7, 11) is 0. The Bertz CT molecular complexity index is 1050. The van der Waals surface area contributed by atoms with Crippen LogP contribution in [0.15, 0.2) is 48.5 Å². The molecule has 1 saturated carbocycles. The van der Waals surface area contributed by atoms with E-state index in [0.717, 1.165) is 17.9 Å². The highest BCUT2D eigenvalue weighted by molar-refractivity contribution is 5.85. The average Bonchev–Trinajstić information content (AvgIpc) is 3.57. The van der Waals surface area contributed by atoms with E-state index in [4.69, 9.17) is 0 Å². The first-order valence-corrected chi connectivity index (χ1v) is 10.4. The van der Waals surface area contributed by atoms with Gasteiger partial charge in [0.1, 0.15) is 0 Å². The Hall–Kier alpha value is -2.44. The van der Waals surface area contributed by atoms with Gasteiger partial charge < -0.3 is 10.6 Å². The van der Waals surface area contributed by atoms with E-state index in [-0.39, 0.29) is 42.0 Å². The second-order valence-electron chi connectivity index (χ2n) is 8.28. The topological polar surface area (TPSA) is 24.1 Å². The predicted molar refractivity (Wildman–Crippen MR) is 132 cm³/mol. The summed E-state index contributed by atoms with van der Waals surface area (Å²) in [5, 5.41) is 6.39. The van der Waals surface area contributed by atoms with Gasteiger partial charge in [-0.2, -0.15) is 0 Å². The zero-order valence-electron chi connectivity index (χ0n) is 18.2. The third-order valence-electron chi connectivity index (χ3n) is 5.36. The van der Waals surface area contributed by atoms with Gasteiger partial charge in [0.15, 0.2) is 23.3 Å². The van der Waals surface area contributed by atoms with Crippen LogP contribution < -0.4 is 10.6 Å². The molecule has 0 spiro atoms. The van der Waals surface area contributed by atoms with Gasteiger partial charge in [-0.1, -0.05) is 24.3 Å². The molecule has 0 aromatic heterocycles. The number of hydrogen-bond donors (Lipinski definition) is 2. The van der Waals surface area contributed by atoms with Crippen molar-refractivity contribution in [3.05, 3.63) is 71.8 Å². The first kappa shape index (κ1) is 26.8. The van der Waals surface area contributed by atoms with Gasteiger partial charge in [-0.05, 0) is 68.0 Å². The summed E-state index contributed by atoms with van der Waals surface area (Å²) in [5.74, 6) is -4.96. The molecule has 8 heteroatoms. The quantitative estimate of drug-likeness (QED) is 0.253. The second-order valence-corrected chi connectivity index (χ2v) is 8.28. The highest BCUT2D eigenvalue weighted by Gasteiger charge is 2.27. The Kier molecular flexibility index (Phi) is 9.04. The predicted octanol–water partition coefficient (Wildman–Crippen LogP) is 8.06. The second kappa shape index (κ2) is 11.1. The lowest BCUT2D eigenvalue weighted by Gasteiger charge is -2.14. The number of halogens is 6. The van der Waals surface area contributed by atoms with Crippen LogP contribution in [0.5, 0.6) is 0 Å². The third kappa shape index (κ3) is 5.92. The Balaban J connectivity index is 0.00000193. The molecule has 0 bridgehead atoms. The molecule has 3 aromatic carbocycles. The minimum absolute atomic E-state index is 0. The standard InChI is InChI=1S/C25H24F4N2.2ClH/c1-14(2)31-19-11-7-17(8-12-19)21-24(28)22(26)20(23(27)25(21)29)16-5-9-18(10-6-16)30-13-15-3-4-15;;/h5-12,14-15,30-31H,3-4,13H2,1-2H3;2*1H. The molecule has 1 aliphatic carbocycles. The SMILES string of the molecule is CC(C)Nc1ccc(-c2c(F)c(F)c(-c3ccc(NCC4CC4)cc3)c(F)c2F)cc1.Cl.Cl.